The van der Waals surface area contributed by atoms with Crippen molar-refractivity contribution in [3.8, 4) is 0 Å². The maximum absolute atomic E-state index is 12.4. The van der Waals surface area contributed by atoms with E-state index in [0.29, 0.717) is 19.4 Å². The summed E-state index contributed by atoms with van der Waals surface area (Å²) in [6, 6.07) is -0.625. The maximum Gasteiger partial charge on any atom is 0.305 e. The molecule has 2 unspecified atom stereocenters. The lowest BCUT2D eigenvalue weighted by Crippen LogP contribution is -2.45. The lowest BCUT2D eigenvalue weighted by molar-refractivity contribution is -0.143. The van der Waals surface area contributed by atoms with Crippen molar-refractivity contribution < 1.29 is 24.5 Å². The fraction of sp³-hybridized carbons (Fsp3) is 0.879. The largest absolute Gasteiger partial charge is 0.466 e. The zero-order chi connectivity index (χ0) is 52.2. The van der Waals surface area contributed by atoms with Gasteiger partial charge in [-0.1, -0.05) is 288 Å². The van der Waals surface area contributed by atoms with E-state index in [0.717, 1.165) is 44.9 Å². The Labute approximate surface area is 449 Å². The van der Waals surface area contributed by atoms with Gasteiger partial charge in [-0.05, 0) is 83.5 Å². The van der Waals surface area contributed by atoms with Gasteiger partial charge in [0.2, 0.25) is 5.91 Å². The van der Waals surface area contributed by atoms with E-state index in [4.69, 9.17) is 4.74 Å². The van der Waals surface area contributed by atoms with Crippen molar-refractivity contribution in [2.24, 2.45) is 0 Å². The van der Waals surface area contributed by atoms with Crippen LogP contribution >= 0.6 is 0 Å². The van der Waals surface area contributed by atoms with Gasteiger partial charge in [-0.3, -0.25) is 9.59 Å². The Hall–Kier alpha value is -1.92. The molecule has 2 atom stereocenters. The number of aliphatic hydroxyl groups excluding tert-OH is 2. The summed E-state index contributed by atoms with van der Waals surface area (Å²) in [7, 11) is 0. The highest BCUT2D eigenvalue weighted by Crippen LogP contribution is 2.17. The van der Waals surface area contributed by atoms with Gasteiger partial charge in [-0.15, -0.1) is 0 Å². The number of carbonyl (C=O) groups is 2. The topological polar surface area (TPSA) is 95.9 Å². The number of unbranched alkanes of at least 4 members (excludes halogenated alkanes) is 45. The van der Waals surface area contributed by atoms with Crippen molar-refractivity contribution in [1.82, 2.24) is 5.32 Å². The molecule has 0 aromatic carbocycles. The molecule has 0 saturated heterocycles. The molecule has 0 rings (SSSR count). The average Bonchev–Trinajstić information content (AvgIpc) is 3.38. The molecule has 72 heavy (non-hydrogen) atoms. The molecule has 0 aromatic heterocycles. The fourth-order valence-electron chi connectivity index (χ4n) is 9.92. The van der Waals surface area contributed by atoms with Crippen molar-refractivity contribution in [3.63, 3.8) is 0 Å². The Morgan fingerprint density at radius 3 is 0.986 bits per heavy atom. The van der Waals surface area contributed by atoms with Crippen LogP contribution in [0.25, 0.3) is 0 Å². The summed E-state index contributed by atoms with van der Waals surface area (Å²) in [6.45, 7) is 4.89. The molecule has 0 heterocycles. The lowest BCUT2D eigenvalue weighted by Gasteiger charge is -2.20. The van der Waals surface area contributed by atoms with Gasteiger partial charge >= 0.3 is 5.97 Å². The molecule has 0 aliphatic carbocycles. The second-order valence-electron chi connectivity index (χ2n) is 22.1. The molecule has 6 heteroatoms. The highest BCUT2D eigenvalue weighted by molar-refractivity contribution is 5.76. The second kappa shape index (κ2) is 61.6. The van der Waals surface area contributed by atoms with Gasteiger partial charge in [0.25, 0.3) is 0 Å². The Morgan fingerprint density at radius 1 is 0.375 bits per heavy atom. The summed E-state index contributed by atoms with van der Waals surface area (Å²) in [4.78, 5) is 24.5. The van der Waals surface area contributed by atoms with Gasteiger partial charge in [0.1, 0.15) is 0 Å². The van der Waals surface area contributed by atoms with Crippen LogP contribution in [-0.4, -0.2) is 47.4 Å². The first kappa shape index (κ1) is 70.1. The SMILES string of the molecule is CCCCCCC/C=C\CCCCCCCC(=O)OCCCCCCCCCCCCCC/C=C\CCCCCCCCCCCCCCCCC(=O)NC(CO)C(O)/C=C/CCCCCCCCCCC. The summed E-state index contributed by atoms with van der Waals surface area (Å²) in [5.74, 6) is -0.0588. The molecule has 0 fully saturated rings. The van der Waals surface area contributed by atoms with Crippen LogP contribution < -0.4 is 5.32 Å². The lowest BCUT2D eigenvalue weighted by atomic mass is 10.0. The average molecular weight is 1010 g/mol. The van der Waals surface area contributed by atoms with Gasteiger partial charge in [0, 0.05) is 12.8 Å². The molecule has 0 radical (unpaired) electrons. The number of hydrogen-bond donors (Lipinski definition) is 3. The van der Waals surface area contributed by atoms with Gasteiger partial charge in [0.15, 0.2) is 0 Å². The highest BCUT2D eigenvalue weighted by atomic mass is 16.5. The third-order valence-corrected chi connectivity index (χ3v) is 14.9. The van der Waals surface area contributed by atoms with Crippen LogP contribution in [0.5, 0.6) is 0 Å². The second-order valence-corrected chi connectivity index (χ2v) is 22.1. The highest BCUT2D eigenvalue weighted by Gasteiger charge is 2.18. The minimum absolute atomic E-state index is 0.00818. The van der Waals surface area contributed by atoms with Gasteiger partial charge < -0.3 is 20.3 Å². The fourth-order valence-corrected chi connectivity index (χ4v) is 9.92. The Bertz CT molecular complexity index is 1170. The third kappa shape index (κ3) is 57.4. The van der Waals surface area contributed by atoms with E-state index in [1.54, 1.807) is 6.08 Å². The Balaban J connectivity index is 3.36. The Morgan fingerprint density at radius 2 is 0.653 bits per heavy atom. The predicted molar refractivity (Wildman–Crippen MR) is 315 cm³/mol. The molecular weight excluding hydrogens is 887 g/mol. The van der Waals surface area contributed by atoms with Crippen LogP contribution in [0.2, 0.25) is 0 Å². The van der Waals surface area contributed by atoms with Crippen LogP contribution in [0.4, 0.5) is 0 Å². The van der Waals surface area contributed by atoms with Crippen LogP contribution in [0, 0.1) is 0 Å². The monoisotopic (exact) mass is 1010 g/mol. The number of nitrogens with one attached hydrogen (secondary N) is 1. The zero-order valence-electron chi connectivity index (χ0n) is 48.4. The Kier molecular flexibility index (Phi) is 60.0. The molecule has 3 N–H and O–H groups in total. The molecule has 0 aliphatic heterocycles. The van der Waals surface area contributed by atoms with Gasteiger partial charge in [-0.25, -0.2) is 0 Å². The van der Waals surface area contributed by atoms with Gasteiger partial charge in [0.05, 0.1) is 25.4 Å². The number of aliphatic hydroxyl groups is 2. The molecule has 1 amide bonds. The van der Waals surface area contributed by atoms with Crippen molar-refractivity contribution in [2.75, 3.05) is 13.2 Å². The molecule has 0 bridgehead atoms. The normalized spacial score (nSPS) is 12.8. The first-order chi connectivity index (χ1) is 35.5. The molecule has 0 saturated carbocycles. The van der Waals surface area contributed by atoms with E-state index >= 15 is 0 Å². The number of allylic oxidation sites excluding steroid dienone is 5. The summed E-state index contributed by atoms with van der Waals surface area (Å²) >= 11 is 0. The number of esters is 1. The van der Waals surface area contributed by atoms with E-state index in [2.05, 4.69) is 43.5 Å². The first-order valence-electron chi connectivity index (χ1n) is 32.3. The molecule has 0 aromatic rings. The van der Waals surface area contributed by atoms with Crippen LogP contribution in [0.3, 0.4) is 0 Å². The minimum Gasteiger partial charge on any atom is -0.466 e. The third-order valence-electron chi connectivity index (χ3n) is 14.9. The number of ether oxygens (including phenoxy) is 1. The van der Waals surface area contributed by atoms with Gasteiger partial charge in [-0.2, -0.15) is 0 Å². The van der Waals surface area contributed by atoms with E-state index in [1.165, 1.54) is 276 Å². The van der Waals surface area contributed by atoms with E-state index in [9.17, 15) is 19.8 Å². The van der Waals surface area contributed by atoms with Crippen molar-refractivity contribution in [2.45, 2.75) is 360 Å². The summed E-state index contributed by atoms with van der Waals surface area (Å²) in [6.07, 6.45) is 77.8. The number of carbonyl (C=O) groups excluding carboxylic acids is 2. The quantitative estimate of drug-likeness (QED) is 0.0320. The van der Waals surface area contributed by atoms with Crippen molar-refractivity contribution in [3.05, 3.63) is 36.5 Å². The molecule has 6 nitrogen and oxygen atoms in total. The van der Waals surface area contributed by atoms with Crippen LogP contribution in [0.1, 0.15) is 348 Å². The first-order valence-corrected chi connectivity index (χ1v) is 32.3. The van der Waals surface area contributed by atoms with Crippen LogP contribution in [0.15, 0.2) is 36.5 Å². The van der Waals surface area contributed by atoms with Crippen molar-refractivity contribution >= 4 is 11.9 Å². The van der Waals surface area contributed by atoms with Crippen molar-refractivity contribution in [1.29, 1.82) is 0 Å². The molecular formula is C66H125NO5. The zero-order valence-corrected chi connectivity index (χ0v) is 48.4. The summed E-state index contributed by atoms with van der Waals surface area (Å²) in [5.41, 5.74) is 0. The number of amides is 1. The van der Waals surface area contributed by atoms with E-state index in [-0.39, 0.29) is 18.5 Å². The van der Waals surface area contributed by atoms with Crippen LogP contribution in [-0.2, 0) is 14.3 Å². The molecule has 424 valence electrons. The summed E-state index contributed by atoms with van der Waals surface area (Å²) < 4.78 is 5.48. The standard InChI is InChI=1S/C66H125NO5/c1-3-5-7-9-11-13-15-16-36-40-44-48-52-56-60-66(71)72-61-57-53-49-45-41-37-34-32-30-28-26-24-22-20-18-17-19-21-23-25-27-29-31-33-35-39-43-47-51-55-59-65(70)67-63(62-68)64(69)58-54-50-46-42-38-14-12-10-8-6-4-2/h15-16,18,20,54,58,63-64,68-69H,3-14,17,19,21-53,55-57,59-62H2,1-2H3,(H,67,70)/b16-15-,20-18-,58-54+. The minimum atomic E-state index is -0.842. The predicted octanol–water partition coefficient (Wildman–Crippen LogP) is 20.4. The number of rotatable bonds is 60. The smallest absolute Gasteiger partial charge is 0.305 e. The van der Waals surface area contributed by atoms with E-state index < -0.39 is 12.1 Å². The molecule has 0 aliphatic rings. The van der Waals surface area contributed by atoms with E-state index in [1.807, 2.05) is 6.08 Å². The molecule has 0 spiro atoms. The number of hydrogen-bond acceptors (Lipinski definition) is 5. The maximum atomic E-state index is 12.4. The summed E-state index contributed by atoms with van der Waals surface area (Å²) in [5, 5.41) is 23.0.